The van der Waals surface area contributed by atoms with Crippen LogP contribution in [0.2, 0.25) is 0 Å². The lowest BCUT2D eigenvalue weighted by Gasteiger charge is -2.22. The fraction of sp³-hybridized carbons (Fsp3) is 1.00. The molecule has 96 valence electrons. The van der Waals surface area contributed by atoms with Gasteiger partial charge in [0.25, 0.3) is 0 Å². The highest BCUT2D eigenvalue weighted by molar-refractivity contribution is 4.82. The summed E-state index contributed by atoms with van der Waals surface area (Å²) in [5.41, 5.74) is 0.493. The predicted molar refractivity (Wildman–Crippen MR) is 66.5 cm³/mol. The Hall–Kier alpha value is -0.120. The van der Waals surface area contributed by atoms with E-state index in [1.165, 1.54) is 19.5 Å². The van der Waals surface area contributed by atoms with Crippen LogP contribution in [0.3, 0.4) is 0 Å². The van der Waals surface area contributed by atoms with Gasteiger partial charge in [-0.25, -0.2) is 0 Å². The van der Waals surface area contributed by atoms with Crippen LogP contribution in [0, 0.1) is 5.41 Å². The molecular formula is C13H27NO2. The van der Waals surface area contributed by atoms with E-state index in [4.69, 9.17) is 9.47 Å². The van der Waals surface area contributed by atoms with Gasteiger partial charge >= 0.3 is 0 Å². The van der Waals surface area contributed by atoms with Gasteiger partial charge in [0.15, 0.2) is 6.29 Å². The molecule has 0 atom stereocenters. The molecule has 1 aliphatic heterocycles. The van der Waals surface area contributed by atoms with E-state index in [1.807, 2.05) is 13.8 Å². The molecule has 0 radical (unpaired) electrons. The Morgan fingerprint density at radius 2 is 1.81 bits per heavy atom. The Kier molecular flexibility index (Phi) is 5.73. The second-order valence-corrected chi connectivity index (χ2v) is 5.32. The smallest absolute Gasteiger partial charge is 0.158 e. The largest absolute Gasteiger partial charge is 0.353 e. The van der Waals surface area contributed by atoms with Crippen molar-refractivity contribution < 1.29 is 9.47 Å². The van der Waals surface area contributed by atoms with Gasteiger partial charge in [-0.2, -0.15) is 0 Å². The first-order chi connectivity index (χ1) is 7.57. The summed E-state index contributed by atoms with van der Waals surface area (Å²) in [4.78, 5) is 2.52. The van der Waals surface area contributed by atoms with Crippen molar-refractivity contribution in [2.75, 3.05) is 32.8 Å². The van der Waals surface area contributed by atoms with Crippen LogP contribution in [0.1, 0.15) is 40.5 Å². The molecule has 0 unspecified atom stereocenters. The van der Waals surface area contributed by atoms with Crippen LogP contribution in [0.4, 0.5) is 0 Å². The maximum absolute atomic E-state index is 5.55. The third-order valence-corrected chi connectivity index (χ3v) is 3.14. The van der Waals surface area contributed by atoms with E-state index in [9.17, 15) is 0 Å². The van der Waals surface area contributed by atoms with Crippen LogP contribution in [0.5, 0.6) is 0 Å². The molecule has 0 aromatic carbocycles. The summed E-state index contributed by atoms with van der Waals surface area (Å²) in [6.45, 7) is 13.7. The average molecular weight is 229 g/mol. The van der Waals surface area contributed by atoms with Crippen molar-refractivity contribution in [1.82, 2.24) is 4.90 Å². The molecule has 0 aromatic heterocycles. The van der Waals surface area contributed by atoms with E-state index in [0.717, 1.165) is 26.2 Å². The third-order valence-electron chi connectivity index (χ3n) is 3.14. The Bertz CT molecular complexity index is 186. The molecule has 0 N–H and O–H groups in total. The minimum Gasteiger partial charge on any atom is -0.353 e. The zero-order valence-electron chi connectivity index (χ0n) is 11.3. The van der Waals surface area contributed by atoms with Crippen LogP contribution in [-0.2, 0) is 9.47 Å². The lowest BCUT2D eigenvalue weighted by molar-refractivity contribution is -0.141. The van der Waals surface area contributed by atoms with Crippen molar-refractivity contribution in [2.45, 2.75) is 46.8 Å². The van der Waals surface area contributed by atoms with Crippen molar-refractivity contribution in [3.05, 3.63) is 0 Å². The van der Waals surface area contributed by atoms with E-state index in [0.29, 0.717) is 5.41 Å². The molecule has 1 fully saturated rings. The van der Waals surface area contributed by atoms with Gasteiger partial charge < -0.3 is 14.4 Å². The number of nitrogens with zero attached hydrogens (tertiary/aromatic N) is 1. The van der Waals surface area contributed by atoms with Crippen molar-refractivity contribution in [3.63, 3.8) is 0 Å². The Morgan fingerprint density at radius 1 is 1.19 bits per heavy atom. The molecule has 16 heavy (non-hydrogen) atoms. The Labute approximate surface area is 100 Å². The molecule has 0 bridgehead atoms. The van der Waals surface area contributed by atoms with Gasteiger partial charge in [0.2, 0.25) is 0 Å². The second kappa shape index (κ2) is 6.58. The van der Waals surface area contributed by atoms with Crippen LogP contribution in [0.25, 0.3) is 0 Å². The van der Waals surface area contributed by atoms with E-state index < -0.39 is 0 Å². The molecule has 3 heteroatoms. The fourth-order valence-corrected chi connectivity index (χ4v) is 2.29. The molecule has 0 aromatic rings. The minimum atomic E-state index is -0.0151. The molecule has 0 aliphatic carbocycles. The minimum absolute atomic E-state index is 0.0151. The van der Waals surface area contributed by atoms with Crippen LogP contribution < -0.4 is 0 Å². The van der Waals surface area contributed by atoms with Crippen LogP contribution >= 0.6 is 0 Å². The van der Waals surface area contributed by atoms with Crippen LogP contribution in [0.15, 0.2) is 0 Å². The fourth-order valence-electron chi connectivity index (χ4n) is 2.29. The first-order valence-electron chi connectivity index (χ1n) is 6.53. The van der Waals surface area contributed by atoms with Gasteiger partial charge in [0.1, 0.15) is 0 Å². The summed E-state index contributed by atoms with van der Waals surface area (Å²) < 4.78 is 11.1. The average Bonchev–Trinajstić information content (AvgIpc) is 2.55. The normalized spacial score (nSPS) is 20.8. The monoisotopic (exact) mass is 229 g/mol. The van der Waals surface area contributed by atoms with Gasteiger partial charge in [-0.3, -0.25) is 0 Å². The first-order valence-corrected chi connectivity index (χ1v) is 6.53. The van der Waals surface area contributed by atoms with Gasteiger partial charge in [0.05, 0.1) is 0 Å². The third kappa shape index (κ3) is 4.81. The van der Waals surface area contributed by atoms with Crippen molar-refractivity contribution in [2.24, 2.45) is 5.41 Å². The molecule has 0 saturated carbocycles. The van der Waals surface area contributed by atoms with E-state index in [1.54, 1.807) is 0 Å². The molecular weight excluding hydrogens is 202 g/mol. The number of hydrogen-bond acceptors (Lipinski definition) is 3. The Balaban J connectivity index is 2.22. The van der Waals surface area contributed by atoms with E-state index >= 15 is 0 Å². The molecule has 1 heterocycles. The highest BCUT2D eigenvalue weighted by atomic mass is 16.7. The zero-order chi connectivity index (χ0) is 12.0. The summed E-state index contributed by atoms with van der Waals surface area (Å²) in [5, 5.41) is 0. The number of ether oxygens (including phenoxy) is 2. The number of hydrogen-bond donors (Lipinski definition) is 0. The van der Waals surface area contributed by atoms with Crippen LogP contribution in [-0.4, -0.2) is 44.0 Å². The SMILES string of the molecule is CCOC(CCN1CCC(C)(C)C1)OCC. The maximum Gasteiger partial charge on any atom is 0.158 e. The lowest BCUT2D eigenvalue weighted by atomic mass is 9.93. The molecule has 0 spiro atoms. The first kappa shape index (κ1) is 13.9. The standard InChI is InChI=1S/C13H27NO2/c1-5-15-12(16-6-2)7-9-14-10-8-13(3,4)11-14/h12H,5-11H2,1-4H3. The van der Waals surface area contributed by atoms with Crippen molar-refractivity contribution in [3.8, 4) is 0 Å². The molecule has 0 amide bonds. The summed E-state index contributed by atoms with van der Waals surface area (Å²) >= 11 is 0. The predicted octanol–water partition coefficient (Wildman–Crippen LogP) is 2.51. The Morgan fingerprint density at radius 3 is 2.25 bits per heavy atom. The van der Waals surface area contributed by atoms with E-state index in [-0.39, 0.29) is 6.29 Å². The summed E-state index contributed by atoms with van der Waals surface area (Å²) in [6, 6.07) is 0. The highest BCUT2D eigenvalue weighted by Gasteiger charge is 2.29. The maximum atomic E-state index is 5.55. The van der Waals surface area contributed by atoms with Gasteiger partial charge in [-0.05, 0) is 32.2 Å². The topological polar surface area (TPSA) is 21.7 Å². The summed E-state index contributed by atoms with van der Waals surface area (Å²) in [7, 11) is 0. The van der Waals surface area contributed by atoms with Gasteiger partial charge in [-0.1, -0.05) is 13.8 Å². The summed E-state index contributed by atoms with van der Waals surface area (Å²) in [6.07, 6.45) is 2.28. The number of rotatable bonds is 7. The lowest BCUT2D eigenvalue weighted by Crippen LogP contribution is -2.29. The molecule has 1 rings (SSSR count). The van der Waals surface area contributed by atoms with Crippen molar-refractivity contribution in [1.29, 1.82) is 0 Å². The molecule has 1 aliphatic rings. The molecule has 1 saturated heterocycles. The van der Waals surface area contributed by atoms with Crippen molar-refractivity contribution >= 4 is 0 Å². The number of likely N-dealkylation sites (tertiary alicyclic amines) is 1. The molecule has 3 nitrogen and oxygen atoms in total. The second-order valence-electron chi connectivity index (χ2n) is 5.32. The van der Waals surface area contributed by atoms with Gasteiger partial charge in [-0.15, -0.1) is 0 Å². The van der Waals surface area contributed by atoms with Gasteiger partial charge in [0, 0.05) is 32.7 Å². The zero-order valence-corrected chi connectivity index (χ0v) is 11.3. The quantitative estimate of drug-likeness (QED) is 0.626. The van der Waals surface area contributed by atoms with E-state index in [2.05, 4.69) is 18.7 Å². The summed E-state index contributed by atoms with van der Waals surface area (Å²) in [5.74, 6) is 0. The highest BCUT2D eigenvalue weighted by Crippen LogP contribution is 2.28.